The average molecular weight is 558 g/mol. The summed E-state index contributed by atoms with van der Waals surface area (Å²) in [6.45, 7) is 0.631. The van der Waals surface area contributed by atoms with Gasteiger partial charge in [-0.05, 0) is 20.0 Å². The van der Waals surface area contributed by atoms with Crippen molar-refractivity contribution in [2.75, 3.05) is 20.8 Å². The highest BCUT2D eigenvalue weighted by atomic mass is 16.7. The van der Waals surface area contributed by atoms with Gasteiger partial charge in [0.15, 0.2) is 17.9 Å². The Morgan fingerprint density at radius 3 is 2.50 bits per heavy atom. The van der Waals surface area contributed by atoms with Crippen LogP contribution in [0.3, 0.4) is 0 Å². The van der Waals surface area contributed by atoms with Gasteiger partial charge in [0.2, 0.25) is 5.78 Å². The number of hydrogen-bond donors (Lipinski definition) is 6. The zero-order valence-electron chi connectivity index (χ0n) is 22.1. The lowest BCUT2D eigenvalue weighted by Crippen LogP contribution is -2.53. The summed E-state index contributed by atoms with van der Waals surface area (Å²) < 4.78 is 17.2. The lowest BCUT2D eigenvalue weighted by molar-refractivity contribution is -0.249. The molecule has 1 saturated heterocycles. The molecule has 5 rings (SSSR count). The van der Waals surface area contributed by atoms with Gasteiger partial charge in [-0.1, -0.05) is 12.1 Å². The van der Waals surface area contributed by atoms with Crippen molar-refractivity contribution in [3.63, 3.8) is 0 Å². The van der Waals surface area contributed by atoms with E-state index in [1.54, 1.807) is 14.0 Å². The number of aliphatic hydroxyl groups is 3. The number of aliphatic hydroxyl groups excluding tert-OH is 2. The largest absolute Gasteiger partial charge is 0.507 e. The predicted molar refractivity (Wildman–Crippen MR) is 137 cm³/mol. The van der Waals surface area contributed by atoms with E-state index in [4.69, 9.17) is 14.2 Å². The Kier molecular flexibility index (Phi) is 7.19. The highest BCUT2D eigenvalue weighted by molar-refractivity contribution is 6.31. The van der Waals surface area contributed by atoms with Gasteiger partial charge in [-0.15, -0.1) is 0 Å². The third-order valence-electron chi connectivity index (χ3n) is 8.13. The Labute approximate surface area is 229 Å². The number of hydrogen-bond acceptors (Lipinski definition) is 12. The maximum absolute atomic E-state index is 13.7. The lowest BCUT2D eigenvalue weighted by Gasteiger charge is -2.42. The standard InChI is InChI=1S/C28H31NO11/c1-11-23(32)14(29-2)7-18(39-11)40-16-9-28(37,17(31)10-30)8-13-20(16)27(36)22-21(25(13)34)24(33)12-5-4-6-15(38-3)19(12)26(22)35/h4-6,11,14,16,18,23,29-30,32,34,36-37H,7-10H2,1-3H3/t11-,14+,16+,18-,23-,28-/m0/s1. The van der Waals surface area contributed by atoms with Crippen LogP contribution in [-0.2, 0) is 20.7 Å². The first-order valence-electron chi connectivity index (χ1n) is 12.9. The number of nitrogens with one attached hydrogen (secondary N) is 1. The van der Waals surface area contributed by atoms with Crippen LogP contribution in [0.15, 0.2) is 18.2 Å². The molecular weight excluding hydrogens is 526 g/mol. The number of Topliss-reactive ketones (excluding diaryl/α,β-unsaturated/α-hetero) is 1. The Hall–Kier alpha value is -3.39. The predicted octanol–water partition coefficient (Wildman–Crippen LogP) is 0.262. The topological polar surface area (TPSA) is 192 Å². The molecule has 12 heteroatoms. The van der Waals surface area contributed by atoms with E-state index in [0.29, 0.717) is 0 Å². The minimum absolute atomic E-state index is 0.0435. The van der Waals surface area contributed by atoms with E-state index in [1.807, 2.05) is 0 Å². The van der Waals surface area contributed by atoms with Gasteiger partial charge >= 0.3 is 0 Å². The van der Waals surface area contributed by atoms with Crippen molar-refractivity contribution in [2.45, 2.75) is 62.4 Å². The van der Waals surface area contributed by atoms with Crippen molar-refractivity contribution in [3.8, 4) is 17.2 Å². The summed E-state index contributed by atoms with van der Waals surface area (Å²) in [6, 6.07) is 3.96. The average Bonchev–Trinajstić information content (AvgIpc) is 2.94. The molecule has 2 aromatic rings. The Bertz CT molecular complexity index is 1410. The molecule has 2 aromatic carbocycles. The second kappa shape index (κ2) is 10.2. The van der Waals surface area contributed by atoms with Gasteiger partial charge in [0.1, 0.15) is 29.5 Å². The molecule has 40 heavy (non-hydrogen) atoms. The molecule has 2 aliphatic carbocycles. The van der Waals surface area contributed by atoms with Crippen LogP contribution in [0.1, 0.15) is 68.8 Å². The first-order chi connectivity index (χ1) is 19.0. The van der Waals surface area contributed by atoms with Crippen LogP contribution in [0, 0.1) is 0 Å². The Balaban J connectivity index is 1.68. The monoisotopic (exact) mass is 557 g/mol. The molecule has 0 unspecified atom stereocenters. The first-order valence-corrected chi connectivity index (χ1v) is 12.9. The SMILES string of the molecule is CN[C@@H]1C[C@H](O[C@@H]2C[C@](O)(C(=O)CO)Cc3c(O)c4c(c(O)c32)C(=O)c2c(OC)cccc2C4=O)O[C@@H](C)[C@@H]1O. The maximum atomic E-state index is 13.7. The maximum Gasteiger partial charge on any atom is 0.202 e. The fourth-order valence-electron chi connectivity index (χ4n) is 6.00. The Morgan fingerprint density at radius 2 is 1.85 bits per heavy atom. The zero-order chi connectivity index (χ0) is 29.1. The normalized spacial score (nSPS) is 29.4. The van der Waals surface area contributed by atoms with Crippen LogP contribution < -0.4 is 10.1 Å². The molecule has 1 heterocycles. The molecule has 3 aliphatic rings. The summed E-state index contributed by atoms with van der Waals surface area (Å²) in [4.78, 5) is 39.9. The minimum atomic E-state index is -2.23. The van der Waals surface area contributed by atoms with E-state index >= 15 is 0 Å². The summed E-state index contributed by atoms with van der Waals surface area (Å²) in [5.74, 6) is -3.69. The summed E-state index contributed by atoms with van der Waals surface area (Å²) in [6.07, 6.45) is -4.66. The fraction of sp³-hybridized carbons (Fsp3) is 0.464. The second-order valence-electron chi connectivity index (χ2n) is 10.4. The van der Waals surface area contributed by atoms with Gasteiger partial charge in [-0.3, -0.25) is 14.4 Å². The molecule has 6 N–H and O–H groups in total. The van der Waals surface area contributed by atoms with Gasteiger partial charge in [0.25, 0.3) is 0 Å². The molecule has 0 radical (unpaired) electrons. The molecular formula is C28H31NO11. The minimum Gasteiger partial charge on any atom is -0.507 e. The van der Waals surface area contributed by atoms with Crippen molar-refractivity contribution < 1.29 is 54.1 Å². The number of phenolic OH excluding ortho intramolecular Hbond substituents is 2. The van der Waals surface area contributed by atoms with Crippen LogP contribution in [0.2, 0.25) is 0 Å². The number of phenols is 2. The lowest BCUT2D eigenvalue weighted by atomic mass is 9.72. The number of carbonyl (C=O) groups excluding carboxylic acids is 3. The van der Waals surface area contributed by atoms with Crippen molar-refractivity contribution in [3.05, 3.63) is 51.6 Å². The van der Waals surface area contributed by atoms with Crippen molar-refractivity contribution >= 4 is 17.3 Å². The molecule has 0 saturated carbocycles. The van der Waals surface area contributed by atoms with Crippen LogP contribution in [0.5, 0.6) is 17.2 Å². The van der Waals surface area contributed by atoms with Gasteiger partial charge in [0.05, 0.1) is 42.1 Å². The van der Waals surface area contributed by atoms with Gasteiger partial charge in [0, 0.05) is 42.0 Å². The van der Waals surface area contributed by atoms with E-state index in [-0.39, 0.29) is 34.4 Å². The van der Waals surface area contributed by atoms with E-state index in [1.165, 1.54) is 25.3 Å². The van der Waals surface area contributed by atoms with Gasteiger partial charge in [-0.2, -0.15) is 0 Å². The quantitative estimate of drug-likeness (QED) is 0.227. The highest BCUT2D eigenvalue weighted by Gasteiger charge is 2.50. The van der Waals surface area contributed by atoms with Crippen LogP contribution in [0.25, 0.3) is 0 Å². The second-order valence-corrected chi connectivity index (χ2v) is 10.4. The third kappa shape index (κ3) is 4.19. The van der Waals surface area contributed by atoms with Crippen molar-refractivity contribution in [2.24, 2.45) is 0 Å². The number of ether oxygens (including phenoxy) is 3. The third-order valence-corrected chi connectivity index (χ3v) is 8.13. The van der Waals surface area contributed by atoms with Crippen molar-refractivity contribution in [1.82, 2.24) is 5.32 Å². The molecule has 1 fully saturated rings. The molecule has 0 bridgehead atoms. The molecule has 0 aromatic heterocycles. The number of methoxy groups -OCH3 is 1. The van der Waals surface area contributed by atoms with Crippen LogP contribution >= 0.6 is 0 Å². The van der Waals surface area contributed by atoms with Crippen molar-refractivity contribution in [1.29, 1.82) is 0 Å². The van der Waals surface area contributed by atoms with Crippen LogP contribution in [0.4, 0.5) is 0 Å². The number of benzene rings is 2. The number of fused-ring (bicyclic) bond motifs is 3. The van der Waals surface area contributed by atoms with Gasteiger partial charge in [-0.25, -0.2) is 0 Å². The number of carbonyl (C=O) groups is 3. The number of ketones is 3. The summed E-state index contributed by atoms with van der Waals surface area (Å²) >= 11 is 0. The van der Waals surface area contributed by atoms with E-state index < -0.39 is 95.7 Å². The van der Waals surface area contributed by atoms with E-state index in [0.717, 1.165) is 0 Å². The Morgan fingerprint density at radius 1 is 1.15 bits per heavy atom. The summed E-state index contributed by atoms with van der Waals surface area (Å²) in [5, 5.41) is 57.1. The number of aromatic hydroxyl groups is 2. The zero-order valence-corrected chi connectivity index (χ0v) is 22.1. The first kappa shape index (κ1) is 28.1. The van der Waals surface area contributed by atoms with Gasteiger partial charge < -0.3 is 45.1 Å². The summed E-state index contributed by atoms with van der Waals surface area (Å²) in [5.41, 5.74) is -3.52. The summed E-state index contributed by atoms with van der Waals surface area (Å²) in [7, 11) is 2.99. The molecule has 214 valence electrons. The number of rotatable bonds is 6. The smallest absolute Gasteiger partial charge is 0.202 e. The highest BCUT2D eigenvalue weighted by Crippen LogP contribution is 2.52. The van der Waals surface area contributed by atoms with E-state index in [9.17, 15) is 39.9 Å². The number of likely N-dealkylation sites (N-methyl/N-ethyl adjacent to an activating group) is 1. The molecule has 1 aliphatic heterocycles. The molecule has 6 atom stereocenters. The van der Waals surface area contributed by atoms with Crippen LogP contribution in [-0.4, -0.2) is 93.8 Å². The molecule has 0 amide bonds. The molecule has 0 spiro atoms. The fourth-order valence-corrected chi connectivity index (χ4v) is 6.00. The molecule has 12 nitrogen and oxygen atoms in total. The van der Waals surface area contributed by atoms with E-state index in [2.05, 4.69) is 5.32 Å².